The van der Waals surface area contributed by atoms with Crippen LogP contribution in [0.15, 0.2) is 0 Å². The van der Waals surface area contributed by atoms with E-state index in [1.54, 1.807) is 0 Å². The third-order valence-corrected chi connectivity index (χ3v) is 5.32. The molecular weight excluding hydrogens is 321 g/mol. The van der Waals surface area contributed by atoms with Crippen molar-refractivity contribution in [2.45, 2.75) is 19.8 Å². The molecule has 7 nitrogen and oxygen atoms in total. The highest BCUT2D eigenvalue weighted by atomic mass is 32.4. The largest absolute Gasteiger partial charge is 0.376 e. The first-order chi connectivity index (χ1) is 8.89. The molecule has 0 saturated carbocycles. The fourth-order valence-corrected chi connectivity index (χ4v) is 3.27. The first-order valence-electron chi connectivity index (χ1n) is 5.81. The average molecular weight is 343 g/mol. The number of thiocarbonyl (C=S) groups is 2. The third-order valence-electron chi connectivity index (χ3n) is 1.99. The molecule has 0 radical (unpaired) electrons. The summed E-state index contributed by atoms with van der Waals surface area (Å²) in [7, 11) is 0. The summed E-state index contributed by atoms with van der Waals surface area (Å²) in [5.74, 6) is 0. The molecule has 9 N–H and O–H groups in total. The smallest absolute Gasteiger partial charge is 0.164 e. The Morgan fingerprint density at radius 2 is 1.47 bits per heavy atom. The number of rotatable bonds is 10. The minimum atomic E-state index is -2.13. The minimum Gasteiger partial charge on any atom is -0.376 e. The second-order valence-corrected chi connectivity index (χ2v) is 8.31. The zero-order valence-electron chi connectivity index (χ0n) is 10.9. The van der Waals surface area contributed by atoms with Crippen LogP contribution in [-0.2, 0) is 11.8 Å². The number of nitrogens with one attached hydrogen (secondary N) is 5. The van der Waals surface area contributed by atoms with Crippen molar-refractivity contribution in [3.05, 3.63) is 0 Å². The highest BCUT2D eigenvalue weighted by molar-refractivity contribution is 8.11. The van der Waals surface area contributed by atoms with Crippen molar-refractivity contribution in [3.63, 3.8) is 0 Å². The van der Waals surface area contributed by atoms with Crippen molar-refractivity contribution in [1.29, 1.82) is 0 Å². The normalized spacial score (nSPS) is 11.0. The van der Waals surface area contributed by atoms with Gasteiger partial charge in [0.05, 0.1) is 13.3 Å². The fourth-order valence-electron chi connectivity index (χ4n) is 1.06. The molecule has 0 aromatic carbocycles. The molecule has 0 amide bonds. The Morgan fingerprint density at radius 1 is 1.00 bits per heavy atom. The minimum absolute atomic E-state index is 0.226. The van der Waals surface area contributed by atoms with Gasteiger partial charge >= 0.3 is 0 Å². The van der Waals surface area contributed by atoms with E-state index in [0.29, 0.717) is 13.3 Å². The van der Waals surface area contributed by atoms with Gasteiger partial charge < -0.3 is 22.1 Å². The van der Waals surface area contributed by atoms with Gasteiger partial charge in [-0.1, -0.05) is 13.3 Å². The van der Waals surface area contributed by atoms with Crippen LogP contribution in [0.2, 0.25) is 0 Å². The summed E-state index contributed by atoms with van der Waals surface area (Å²) < 4.78 is 0. The van der Waals surface area contributed by atoms with E-state index in [1.807, 2.05) is 0 Å². The Hall–Kier alpha value is -0.0900. The van der Waals surface area contributed by atoms with E-state index in [9.17, 15) is 0 Å². The summed E-state index contributed by atoms with van der Waals surface area (Å²) in [4.78, 5) is 0. The molecule has 11 heteroatoms. The Bertz CT molecular complexity index is 314. The van der Waals surface area contributed by atoms with Crippen molar-refractivity contribution in [2.24, 2.45) is 11.5 Å². The molecule has 19 heavy (non-hydrogen) atoms. The molecule has 0 heterocycles. The zero-order valence-corrected chi connectivity index (χ0v) is 14.2. The second-order valence-electron chi connectivity index (χ2n) is 3.62. The Kier molecular flexibility index (Phi) is 10.6. The van der Waals surface area contributed by atoms with E-state index in [-0.39, 0.29) is 10.2 Å². The standard InChI is InChI=1S/C8H22N7PS3/c1-2-3-4-13-16(19,14-5-11-7(9)17)15-6-12-8(10)18/h2-6H2,1H3,(H3,9,11,17)(H3,10,12,18)(H3,13,14,15,19). The van der Waals surface area contributed by atoms with Gasteiger partial charge in [0.1, 0.15) is 6.49 Å². The summed E-state index contributed by atoms with van der Waals surface area (Å²) >= 11 is 15.0. The van der Waals surface area contributed by atoms with E-state index in [0.717, 1.165) is 19.4 Å². The summed E-state index contributed by atoms with van der Waals surface area (Å²) in [6.07, 6.45) is 2.14. The van der Waals surface area contributed by atoms with E-state index >= 15 is 0 Å². The van der Waals surface area contributed by atoms with Crippen LogP contribution >= 0.6 is 30.9 Å². The highest BCUT2D eigenvalue weighted by Gasteiger charge is 2.14. The van der Waals surface area contributed by atoms with Gasteiger partial charge in [0.25, 0.3) is 0 Å². The van der Waals surface area contributed by atoms with Crippen LogP contribution in [0.4, 0.5) is 0 Å². The summed E-state index contributed by atoms with van der Waals surface area (Å²) in [6.45, 7) is 1.60. The highest BCUT2D eigenvalue weighted by Crippen LogP contribution is 2.29. The van der Waals surface area contributed by atoms with E-state index < -0.39 is 6.49 Å². The Balaban J connectivity index is 4.22. The quantitative estimate of drug-likeness (QED) is 0.120. The molecule has 0 bridgehead atoms. The second kappa shape index (κ2) is 10.7. The molecule has 0 aliphatic heterocycles. The monoisotopic (exact) mass is 343 g/mol. The molecular formula is C8H22N7PS3. The van der Waals surface area contributed by atoms with E-state index in [2.05, 4.69) is 32.8 Å². The van der Waals surface area contributed by atoms with Gasteiger partial charge in [-0.25, -0.2) is 10.2 Å². The number of nitrogens with two attached hydrogens (primary N) is 2. The molecule has 0 unspecified atom stereocenters. The molecule has 0 rings (SSSR count). The first kappa shape index (κ1) is 18.9. The van der Waals surface area contributed by atoms with Crippen LogP contribution in [0.25, 0.3) is 0 Å². The van der Waals surface area contributed by atoms with Crippen molar-refractivity contribution in [3.8, 4) is 0 Å². The number of unbranched alkanes of at least 4 members (excludes halogenated alkanes) is 1. The molecule has 0 aliphatic carbocycles. The maximum absolute atomic E-state index is 5.55. The van der Waals surface area contributed by atoms with Crippen LogP contribution in [0.3, 0.4) is 0 Å². The molecule has 0 aliphatic rings. The van der Waals surface area contributed by atoms with E-state index in [1.165, 1.54) is 0 Å². The Labute approximate surface area is 130 Å². The predicted molar refractivity (Wildman–Crippen MR) is 93.0 cm³/mol. The molecule has 0 aromatic heterocycles. The van der Waals surface area contributed by atoms with E-state index in [4.69, 9.17) is 47.7 Å². The lowest BCUT2D eigenvalue weighted by molar-refractivity contribution is 0.736. The van der Waals surface area contributed by atoms with Gasteiger partial charge in [0.2, 0.25) is 0 Å². The van der Waals surface area contributed by atoms with Gasteiger partial charge in [-0.2, -0.15) is 0 Å². The van der Waals surface area contributed by atoms with Gasteiger partial charge in [0.15, 0.2) is 10.2 Å². The van der Waals surface area contributed by atoms with Gasteiger partial charge in [-0.05, 0) is 42.7 Å². The maximum Gasteiger partial charge on any atom is 0.164 e. The summed E-state index contributed by atoms with van der Waals surface area (Å²) in [5, 5.41) is 15.7. The van der Waals surface area contributed by atoms with Crippen molar-refractivity contribution in [1.82, 2.24) is 25.9 Å². The molecule has 0 spiro atoms. The fraction of sp³-hybridized carbons (Fsp3) is 0.750. The van der Waals surface area contributed by atoms with Crippen LogP contribution in [0.1, 0.15) is 19.8 Å². The van der Waals surface area contributed by atoms with Crippen molar-refractivity contribution < 1.29 is 0 Å². The zero-order chi connectivity index (χ0) is 14.7. The average Bonchev–Trinajstić information content (AvgIpc) is 2.28. The molecule has 0 fully saturated rings. The van der Waals surface area contributed by atoms with Crippen molar-refractivity contribution >= 4 is 53.0 Å². The van der Waals surface area contributed by atoms with Gasteiger partial charge in [-0.15, -0.1) is 0 Å². The predicted octanol–water partition coefficient (Wildman–Crippen LogP) is -0.639. The lowest BCUT2D eigenvalue weighted by Gasteiger charge is -2.26. The summed E-state index contributed by atoms with van der Waals surface area (Å²) in [5.41, 5.74) is 10.7. The van der Waals surface area contributed by atoms with Crippen LogP contribution < -0.4 is 37.4 Å². The van der Waals surface area contributed by atoms with Gasteiger partial charge in [-0.3, -0.25) is 5.09 Å². The number of hydrogen-bond acceptors (Lipinski definition) is 3. The lowest BCUT2D eigenvalue weighted by atomic mass is 10.3. The van der Waals surface area contributed by atoms with Crippen LogP contribution in [-0.4, -0.2) is 30.1 Å². The Morgan fingerprint density at radius 3 is 1.84 bits per heavy atom. The van der Waals surface area contributed by atoms with Crippen LogP contribution in [0, 0.1) is 0 Å². The lowest BCUT2D eigenvalue weighted by Crippen LogP contribution is -2.44. The van der Waals surface area contributed by atoms with Gasteiger partial charge in [0, 0.05) is 6.54 Å². The molecule has 0 saturated heterocycles. The third kappa shape index (κ3) is 11.4. The summed E-state index contributed by atoms with van der Waals surface area (Å²) in [6, 6.07) is 0. The maximum atomic E-state index is 5.55. The molecule has 0 aromatic rings. The topological polar surface area (TPSA) is 112 Å². The number of hydrogen-bond donors (Lipinski definition) is 7. The molecule has 0 atom stereocenters. The molecule has 112 valence electrons. The SMILES string of the molecule is CCCCNP(=S)(NCNC(N)=S)NCNC(N)=S. The first-order valence-corrected chi connectivity index (χ1v) is 9.43. The van der Waals surface area contributed by atoms with Crippen LogP contribution in [0.5, 0.6) is 0 Å². The van der Waals surface area contributed by atoms with Crippen molar-refractivity contribution in [2.75, 3.05) is 19.9 Å².